The molecule has 0 bridgehead atoms. The number of amides is 1. The number of aromatic nitrogens is 2. The van der Waals surface area contributed by atoms with E-state index in [1.807, 2.05) is 32.9 Å². The van der Waals surface area contributed by atoms with Crippen LogP contribution in [-0.2, 0) is 20.8 Å². The second-order valence-electron chi connectivity index (χ2n) is 9.06. The smallest absolute Gasteiger partial charge is 0.407 e. The number of nitrogens with two attached hydrogens (primary N) is 2. The maximum Gasteiger partial charge on any atom is 0.407 e. The van der Waals surface area contributed by atoms with Crippen LogP contribution in [-0.4, -0.2) is 64.2 Å². The lowest BCUT2D eigenvalue weighted by Gasteiger charge is -2.19. The van der Waals surface area contributed by atoms with Crippen molar-refractivity contribution >= 4 is 29.7 Å². The first-order valence-electron chi connectivity index (χ1n) is 11.6. The molecule has 1 aliphatic rings. The Morgan fingerprint density at radius 3 is 2.67 bits per heavy atom. The first-order chi connectivity index (χ1) is 17.0. The summed E-state index contributed by atoms with van der Waals surface area (Å²) in [5.74, 6) is -0.0610. The molecule has 1 amide bonds. The second-order valence-corrected chi connectivity index (χ2v) is 9.06. The van der Waals surface area contributed by atoms with Crippen LogP contribution >= 0.6 is 0 Å². The maximum atomic E-state index is 11.6. The molecule has 13 nitrogen and oxygen atoms in total. The summed E-state index contributed by atoms with van der Waals surface area (Å²) in [5.41, 5.74) is 12.7. The number of allylic oxidation sites excluding steroid dienone is 3. The minimum Gasteiger partial charge on any atom is -0.498 e. The van der Waals surface area contributed by atoms with Gasteiger partial charge in [0.15, 0.2) is 0 Å². The van der Waals surface area contributed by atoms with Crippen LogP contribution in [0.1, 0.15) is 46.5 Å². The number of hydrogen-bond donors (Lipinski definition) is 5. The van der Waals surface area contributed by atoms with Gasteiger partial charge < -0.3 is 36.7 Å². The zero-order valence-corrected chi connectivity index (χ0v) is 21.0. The molecule has 0 atom stereocenters. The summed E-state index contributed by atoms with van der Waals surface area (Å²) in [6, 6.07) is 0. The number of carboxylic acids is 1. The Balaban J connectivity index is 1.68. The largest absolute Gasteiger partial charge is 0.498 e. The number of nitrogens with zero attached hydrogens (tertiary/aromatic N) is 4. The number of aliphatic carboxylic acids is 1. The van der Waals surface area contributed by atoms with Gasteiger partial charge in [0.05, 0.1) is 30.8 Å². The summed E-state index contributed by atoms with van der Waals surface area (Å²) in [5, 5.41) is 18.2. The van der Waals surface area contributed by atoms with Gasteiger partial charge in [-0.3, -0.25) is 9.48 Å². The predicted octanol–water partition coefficient (Wildman–Crippen LogP) is 1.93. The van der Waals surface area contributed by atoms with Gasteiger partial charge in [-0.05, 0) is 51.7 Å². The number of guanidine groups is 2. The first kappa shape index (κ1) is 28.2. The van der Waals surface area contributed by atoms with E-state index in [2.05, 4.69) is 25.7 Å². The van der Waals surface area contributed by atoms with Crippen molar-refractivity contribution in [1.82, 2.24) is 15.1 Å². The third kappa shape index (κ3) is 11.9. The van der Waals surface area contributed by atoms with Crippen molar-refractivity contribution in [3.05, 3.63) is 35.9 Å². The molecule has 0 radical (unpaired) electrons. The Morgan fingerprint density at radius 2 is 2.00 bits per heavy atom. The SMILES string of the molecule is CC(C)(C)OC(=O)NCCCCOC1=CC=C(CN=C(N)N=C(N)Nc2cnn(CC(=O)O)c2)CC1. The number of alkyl carbamates (subject to hydrolysis) is 1. The van der Waals surface area contributed by atoms with Gasteiger partial charge in [-0.15, -0.1) is 0 Å². The lowest BCUT2D eigenvalue weighted by atomic mass is 10.0. The van der Waals surface area contributed by atoms with E-state index < -0.39 is 17.7 Å². The lowest BCUT2D eigenvalue weighted by Crippen LogP contribution is -2.33. The molecular weight excluding hydrogens is 468 g/mol. The van der Waals surface area contributed by atoms with Gasteiger partial charge in [0.25, 0.3) is 0 Å². The summed E-state index contributed by atoms with van der Waals surface area (Å²) in [4.78, 5) is 30.5. The average molecular weight is 505 g/mol. The fourth-order valence-electron chi connectivity index (χ4n) is 3.02. The number of ether oxygens (including phenoxy) is 2. The molecule has 1 aromatic heterocycles. The molecule has 1 heterocycles. The number of unbranched alkanes of at least 4 members (excludes halogenated alkanes) is 1. The van der Waals surface area contributed by atoms with Gasteiger partial charge >= 0.3 is 12.1 Å². The molecule has 36 heavy (non-hydrogen) atoms. The molecule has 13 heteroatoms. The standard InChI is InChI=1S/C23H36N8O5/c1-23(2,3)36-22(34)26-10-4-5-11-35-18-8-6-16(7-9-18)12-27-20(24)30-21(25)29-17-13-28-31(14-17)15-19(32)33/h6,8,13-14H,4-5,7,9-12,15H2,1-3H3,(H,26,34)(H,32,33)(H5,24,25,27,29,30). The molecule has 0 aliphatic heterocycles. The second kappa shape index (κ2) is 13.8. The van der Waals surface area contributed by atoms with Crippen LogP contribution in [0.3, 0.4) is 0 Å². The monoisotopic (exact) mass is 504 g/mol. The molecule has 1 aromatic rings. The van der Waals surface area contributed by atoms with Crippen LogP contribution in [0.2, 0.25) is 0 Å². The van der Waals surface area contributed by atoms with Crippen LogP contribution in [0.25, 0.3) is 0 Å². The third-order valence-corrected chi connectivity index (χ3v) is 4.61. The number of hydrogen-bond acceptors (Lipinski definition) is 6. The van der Waals surface area contributed by atoms with Crippen molar-refractivity contribution in [1.29, 1.82) is 0 Å². The molecule has 0 saturated carbocycles. The first-order valence-corrected chi connectivity index (χ1v) is 11.6. The molecule has 2 rings (SSSR count). The quantitative estimate of drug-likeness (QED) is 0.170. The summed E-state index contributed by atoms with van der Waals surface area (Å²) >= 11 is 0. The molecule has 0 fully saturated rings. The van der Waals surface area contributed by atoms with E-state index in [0.29, 0.717) is 25.4 Å². The van der Waals surface area contributed by atoms with Gasteiger partial charge in [-0.2, -0.15) is 10.1 Å². The molecule has 0 spiro atoms. The molecular formula is C23H36N8O5. The van der Waals surface area contributed by atoms with E-state index >= 15 is 0 Å². The summed E-state index contributed by atoms with van der Waals surface area (Å²) < 4.78 is 12.2. The van der Waals surface area contributed by atoms with E-state index in [-0.39, 0.29) is 18.5 Å². The van der Waals surface area contributed by atoms with Gasteiger partial charge in [0.2, 0.25) is 11.9 Å². The number of carbonyl (C=O) groups excluding carboxylic acids is 1. The fraction of sp³-hybridized carbons (Fsp3) is 0.522. The van der Waals surface area contributed by atoms with E-state index in [9.17, 15) is 9.59 Å². The maximum absolute atomic E-state index is 11.6. The van der Waals surface area contributed by atoms with Crippen LogP contribution in [0.5, 0.6) is 0 Å². The molecule has 198 valence electrons. The van der Waals surface area contributed by atoms with E-state index in [1.54, 1.807) is 0 Å². The summed E-state index contributed by atoms with van der Waals surface area (Å²) in [6.07, 6.45) is 9.58. The Morgan fingerprint density at radius 1 is 1.22 bits per heavy atom. The number of rotatable bonds is 11. The molecule has 1 aliphatic carbocycles. The van der Waals surface area contributed by atoms with Crippen molar-refractivity contribution < 1.29 is 24.2 Å². The van der Waals surface area contributed by atoms with Gasteiger partial charge in [-0.1, -0.05) is 6.08 Å². The van der Waals surface area contributed by atoms with Crippen molar-refractivity contribution in [2.24, 2.45) is 21.5 Å². The molecule has 7 N–H and O–H groups in total. The van der Waals surface area contributed by atoms with Gasteiger partial charge in [-0.25, -0.2) is 9.79 Å². The van der Waals surface area contributed by atoms with Crippen molar-refractivity contribution in [3.63, 3.8) is 0 Å². The number of anilines is 1. The fourth-order valence-corrected chi connectivity index (χ4v) is 3.02. The zero-order valence-electron chi connectivity index (χ0n) is 21.0. The summed E-state index contributed by atoms with van der Waals surface area (Å²) in [7, 11) is 0. The van der Waals surface area contributed by atoms with E-state index in [0.717, 1.165) is 37.0 Å². The number of carbonyl (C=O) groups is 2. The Bertz CT molecular complexity index is 1020. The zero-order chi connectivity index (χ0) is 26.6. The highest BCUT2D eigenvalue weighted by Gasteiger charge is 2.15. The molecule has 0 saturated heterocycles. The Hall–Kier alpha value is -4.03. The van der Waals surface area contributed by atoms with Crippen LogP contribution in [0, 0.1) is 0 Å². The van der Waals surface area contributed by atoms with Gasteiger partial charge in [0, 0.05) is 19.2 Å². The van der Waals surface area contributed by atoms with Crippen LogP contribution in [0.4, 0.5) is 10.5 Å². The Kier molecular flexibility index (Phi) is 10.8. The normalized spacial score (nSPS) is 14.5. The lowest BCUT2D eigenvalue weighted by molar-refractivity contribution is -0.137. The average Bonchev–Trinajstić information content (AvgIpc) is 3.19. The minimum absolute atomic E-state index is 0.0145. The van der Waals surface area contributed by atoms with E-state index in [4.69, 9.17) is 26.0 Å². The van der Waals surface area contributed by atoms with Gasteiger partial charge in [0.1, 0.15) is 12.1 Å². The highest BCUT2D eigenvalue weighted by Crippen LogP contribution is 2.19. The van der Waals surface area contributed by atoms with Crippen molar-refractivity contribution in [2.75, 3.05) is 25.0 Å². The van der Waals surface area contributed by atoms with Crippen LogP contribution < -0.4 is 22.1 Å². The van der Waals surface area contributed by atoms with Crippen molar-refractivity contribution in [2.45, 2.75) is 58.6 Å². The number of aliphatic imine (C=N–C) groups is 2. The number of nitrogens with one attached hydrogen (secondary N) is 2. The topological polar surface area (TPSA) is 191 Å². The Labute approximate surface area is 210 Å². The highest BCUT2D eigenvalue weighted by atomic mass is 16.6. The van der Waals surface area contributed by atoms with E-state index in [1.165, 1.54) is 17.1 Å². The predicted molar refractivity (Wildman–Crippen MR) is 136 cm³/mol. The molecule has 0 aromatic carbocycles. The highest BCUT2D eigenvalue weighted by molar-refractivity contribution is 6.00. The number of carboxylic acid groups (broad SMARTS) is 1. The van der Waals surface area contributed by atoms with Crippen molar-refractivity contribution in [3.8, 4) is 0 Å². The van der Waals surface area contributed by atoms with Crippen LogP contribution in [0.15, 0.2) is 45.9 Å². The minimum atomic E-state index is -1.00. The summed E-state index contributed by atoms with van der Waals surface area (Å²) in [6.45, 7) is 6.73. The molecule has 0 unspecified atom stereocenters. The third-order valence-electron chi connectivity index (χ3n) is 4.61.